The molecule has 1 atom stereocenters. The lowest BCUT2D eigenvalue weighted by Crippen LogP contribution is -2.43. The van der Waals surface area contributed by atoms with Gasteiger partial charge in [-0.3, -0.25) is 9.69 Å². The van der Waals surface area contributed by atoms with E-state index in [0.717, 1.165) is 28.6 Å². The van der Waals surface area contributed by atoms with E-state index in [1.807, 2.05) is 59.8 Å². The van der Waals surface area contributed by atoms with Gasteiger partial charge in [-0.2, -0.15) is 0 Å². The molecule has 3 aromatic rings. The Kier molecular flexibility index (Phi) is 5.20. The molecule has 2 heterocycles. The minimum atomic E-state index is -0.614. The second kappa shape index (κ2) is 7.79. The molecule has 1 aliphatic heterocycles. The number of hydrogen-bond donors (Lipinski definition) is 1. The molecule has 0 saturated carbocycles. The van der Waals surface area contributed by atoms with Gasteiger partial charge in [0.05, 0.1) is 12.6 Å². The normalized spacial score (nSPS) is 16.5. The summed E-state index contributed by atoms with van der Waals surface area (Å²) in [7, 11) is 0. The van der Waals surface area contributed by atoms with Gasteiger partial charge in [0.15, 0.2) is 0 Å². The van der Waals surface area contributed by atoms with Crippen molar-refractivity contribution in [2.24, 2.45) is 0 Å². The van der Waals surface area contributed by atoms with Gasteiger partial charge in [0, 0.05) is 42.3 Å². The Bertz CT molecular complexity index is 1060. The lowest BCUT2D eigenvalue weighted by molar-refractivity contribution is -0.118. The summed E-state index contributed by atoms with van der Waals surface area (Å²) in [5.74, 6) is -1.39. The first-order chi connectivity index (χ1) is 13.9. The van der Waals surface area contributed by atoms with Crippen LogP contribution in [0.3, 0.4) is 0 Å². The van der Waals surface area contributed by atoms with Gasteiger partial charge >= 0.3 is 0 Å². The highest BCUT2D eigenvalue weighted by molar-refractivity contribution is 5.92. The third-order valence-corrected chi connectivity index (χ3v) is 5.53. The first-order valence-electron chi connectivity index (χ1n) is 9.63. The zero-order valence-electron chi connectivity index (χ0n) is 16.5. The number of hydrogen-bond acceptors (Lipinski definition) is 2. The van der Waals surface area contributed by atoms with Crippen molar-refractivity contribution >= 4 is 11.6 Å². The zero-order chi connectivity index (χ0) is 20.5. The third-order valence-electron chi connectivity index (χ3n) is 5.53. The summed E-state index contributed by atoms with van der Waals surface area (Å²) < 4.78 is 30.1. The minimum Gasteiger partial charge on any atom is -0.348 e. The molecule has 0 radical (unpaired) electrons. The number of carbonyl (C=O) groups excluding carboxylic acids is 1. The van der Waals surface area contributed by atoms with Gasteiger partial charge in [-0.1, -0.05) is 12.1 Å². The quantitative estimate of drug-likeness (QED) is 0.710. The molecule has 1 N–H and O–H groups in total. The maximum Gasteiger partial charge on any atom is 0.238 e. The number of benzene rings is 2. The number of halogens is 2. The van der Waals surface area contributed by atoms with Crippen molar-refractivity contribution in [3.8, 4) is 0 Å². The maximum absolute atomic E-state index is 14.6. The average molecular weight is 395 g/mol. The average Bonchev–Trinajstić information content (AvgIpc) is 3.14. The Morgan fingerprint density at radius 1 is 1.07 bits per heavy atom. The minimum absolute atomic E-state index is 0.111. The highest BCUT2D eigenvalue weighted by atomic mass is 19.1. The zero-order valence-corrected chi connectivity index (χ0v) is 16.5. The number of nitrogens with one attached hydrogen (secondary N) is 1. The number of aromatic nitrogens is 1. The van der Waals surface area contributed by atoms with E-state index in [9.17, 15) is 13.6 Å². The summed E-state index contributed by atoms with van der Waals surface area (Å²) in [5.41, 5.74) is 4.25. The van der Waals surface area contributed by atoms with Crippen LogP contribution < -0.4 is 5.32 Å². The van der Waals surface area contributed by atoms with E-state index in [2.05, 4.69) is 5.32 Å². The molecule has 0 bridgehead atoms. The Morgan fingerprint density at radius 3 is 2.66 bits per heavy atom. The number of aryl methyl sites for hydroxylation is 2. The molecule has 0 saturated heterocycles. The van der Waals surface area contributed by atoms with Crippen LogP contribution >= 0.6 is 0 Å². The number of nitrogens with zero attached hydrogens (tertiary/aromatic N) is 2. The van der Waals surface area contributed by atoms with Crippen LogP contribution in [0, 0.1) is 25.5 Å². The summed E-state index contributed by atoms with van der Waals surface area (Å²) >= 11 is 0. The van der Waals surface area contributed by atoms with Gasteiger partial charge in [-0.05, 0) is 55.3 Å². The summed E-state index contributed by atoms with van der Waals surface area (Å²) in [6.45, 7) is 5.42. The van der Waals surface area contributed by atoms with Gasteiger partial charge < -0.3 is 9.88 Å². The smallest absolute Gasteiger partial charge is 0.238 e. The molecule has 29 heavy (non-hydrogen) atoms. The molecule has 150 valence electrons. The van der Waals surface area contributed by atoms with Crippen LogP contribution in [-0.4, -0.2) is 28.5 Å². The van der Waals surface area contributed by atoms with Crippen LogP contribution in [-0.2, 0) is 11.3 Å². The molecule has 0 fully saturated rings. The fraction of sp³-hybridized carbons (Fsp3) is 0.261. The van der Waals surface area contributed by atoms with E-state index in [4.69, 9.17) is 0 Å². The molecule has 1 aromatic heterocycles. The van der Waals surface area contributed by atoms with E-state index in [-0.39, 0.29) is 12.5 Å². The van der Waals surface area contributed by atoms with Crippen molar-refractivity contribution in [2.75, 3.05) is 18.4 Å². The molecule has 1 amide bonds. The van der Waals surface area contributed by atoms with Crippen molar-refractivity contribution in [1.29, 1.82) is 0 Å². The van der Waals surface area contributed by atoms with Crippen molar-refractivity contribution in [1.82, 2.24) is 9.47 Å². The lowest BCUT2D eigenvalue weighted by atomic mass is 9.99. The molecule has 4 nitrogen and oxygen atoms in total. The van der Waals surface area contributed by atoms with Crippen LogP contribution in [0.5, 0.6) is 0 Å². The van der Waals surface area contributed by atoms with Crippen molar-refractivity contribution in [3.05, 3.63) is 88.7 Å². The molecule has 0 spiro atoms. The van der Waals surface area contributed by atoms with E-state index < -0.39 is 17.7 Å². The number of carbonyl (C=O) groups is 1. The lowest BCUT2D eigenvalue weighted by Gasteiger charge is -2.37. The third kappa shape index (κ3) is 3.93. The van der Waals surface area contributed by atoms with Crippen LogP contribution in [0.1, 0.15) is 28.4 Å². The number of anilines is 1. The van der Waals surface area contributed by atoms with Gasteiger partial charge in [0.25, 0.3) is 0 Å². The van der Waals surface area contributed by atoms with Crippen molar-refractivity contribution in [2.45, 2.75) is 26.4 Å². The monoisotopic (exact) mass is 395 g/mol. The second-order valence-electron chi connectivity index (χ2n) is 7.51. The Labute approximate surface area is 168 Å². The summed E-state index contributed by atoms with van der Waals surface area (Å²) in [6.07, 6.45) is 1.94. The Balaban J connectivity index is 1.59. The van der Waals surface area contributed by atoms with Crippen LogP contribution in [0.25, 0.3) is 0 Å². The molecule has 4 rings (SSSR count). The summed E-state index contributed by atoms with van der Waals surface area (Å²) in [4.78, 5) is 14.7. The molecule has 6 heteroatoms. The summed E-state index contributed by atoms with van der Waals surface area (Å²) in [6, 6.07) is 12.8. The highest BCUT2D eigenvalue weighted by Gasteiger charge is 2.32. The first kappa shape index (κ1) is 19.3. The number of amides is 1. The predicted octanol–water partition coefficient (Wildman–Crippen LogP) is 4.43. The second-order valence-corrected chi connectivity index (χ2v) is 7.51. The molecular formula is C23H23F2N3O. The topological polar surface area (TPSA) is 37.3 Å². The SMILES string of the molecule is Cc1ccc(NC(=O)CN2CCn3cccc3[C@H]2c2ccc(F)cc2F)cc1C. The van der Waals surface area contributed by atoms with Gasteiger partial charge in [-0.25, -0.2) is 8.78 Å². The highest BCUT2D eigenvalue weighted by Crippen LogP contribution is 2.34. The van der Waals surface area contributed by atoms with E-state index in [1.54, 1.807) is 0 Å². The first-order valence-corrected chi connectivity index (χ1v) is 9.63. The maximum atomic E-state index is 14.6. The van der Waals surface area contributed by atoms with Gasteiger partial charge in [0.1, 0.15) is 11.6 Å². The Morgan fingerprint density at radius 2 is 1.90 bits per heavy atom. The standard InChI is InChI=1S/C23H23F2N3O/c1-15-5-7-18(12-16(15)2)26-22(29)14-28-11-10-27-9-3-4-21(27)23(28)19-8-6-17(24)13-20(19)25/h3-9,12-13,23H,10-11,14H2,1-2H3,(H,26,29)/t23-/m1/s1. The molecular weight excluding hydrogens is 372 g/mol. The largest absolute Gasteiger partial charge is 0.348 e. The number of fused-ring (bicyclic) bond motifs is 1. The van der Waals surface area contributed by atoms with Gasteiger partial charge in [0.2, 0.25) is 5.91 Å². The molecule has 0 aliphatic carbocycles. The molecule has 0 unspecified atom stereocenters. The molecule has 2 aromatic carbocycles. The van der Waals surface area contributed by atoms with Crippen LogP contribution in [0.4, 0.5) is 14.5 Å². The van der Waals surface area contributed by atoms with E-state index >= 15 is 0 Å². The fourth-order valence-electron chi connectivity index (χ4n) is 3.89. The fourth-order valence-corrected chi connectivity index (χ4v) is 3.89. The van der Waals surface area contributed by atoms with Crippen LogP contribution in [0.15, 0.2) is 54.7 Å². The van der Waals surface area contributed by atoms with Crippen LogP contribution in [0.2, 0.25) is 0 Å². The van der Waals surface area contributed by atoms with Crippen molar-refractivity contribution in [3.63, 3.8) is 0 Å². The summed E-state index contributed by atoms with van der Waals surface area (Å²) in [5, 5.41) is 2.93. The Hall–Kier alpha value is -2.99. The number of rotatable bonds is 4. The van der Waals surface area contributed by atoms with Gasteiger partial charge in [-0.15, -0.1) is 0 Å². The van der Waals surface area contributed by atoms with Crippen molar-refractivity contribution < 1.29 is 13.6 Å². The molecule has 1 aliphatic rings. The van der Waals surface area contributed by atoms with E-state index in [0.29, 0.717) is 18.7 Å². The van der Waals surface area contributed by atoms with E-state index in [1.165, 1.54) is 12.1 Å². The predicted molar refractivity (Wildman–Crippen MR) is 109 cm³/mol.